The summed E-state index contributed by atoms with van der Waals surface area (Å²) in [5.74, 6) is -0.853. The fourth-order valence-corrected chi connectivity index (χ4v) is 3.99. The van der Waals surface area contributed by atoms with Gasteiger partial charge >= 0.3 is 5.97 Å². The predicted molar refractivity (Wildman–Crippen MR) is 78.6 cm³/mol. The van der Waals surface area contributed by atoms with Crippen LogP contribution >= 0.6 is 0 Å². The third kappa shape index (κ3) is 2.46. The summed E-state index contributed by atoms with van der Waals surface area (Å²) in [4.78, 5) is 14.0. The number of hydrogen-bond acceptors (Lipinski definition) is 2. The van der Waals surface area contributed by atoms with Crippen LogP contribution in [-0.2, 0) is 11.2 Å². The number of fused-ring (bicyclic) bond motifs is 1. The maximum atomic E-state index is 13.3. The lowest BCUT2D eigenvalue weighted by Crippen LogP contribution is -2.48. The summed E-state index contributed by atoms with van der Waals surface area (Å²) in [6.07, 6.45) is 4.21. The normalized spacial score (nSPS) is 29.3. The zero-order valence-electron chi connectivity index (χ0n) is 12.4. The number of benzene rings is 1. The first-order valence-electron chi connectivity index (χ1n) is 7.81. The molecule has 1 aromatic rings. The van der Waals surface area contributed by atoms with Crippen molar-refractivity contribution in [3.8, 4) is 0 Å². The van der Waals surface area contributed by atoms with E-state index in [1.54, 1.807) is 6.07 Å². The van der Waals surface area contributed by atoms with Crippen molar-refractivity contribution >= 4 is 5.97 Å². The van der Waals surface area contributed by atoms with E-state index in [4.69, 9.17) is 0 Å². The molecule has 1 N–H and O–H groups in total. The summed E-state index contributed by atoms with van der Waals surface area (Å²) < 4.78 is 13.3. The second-order valence-electron chi connectivity index (χ2n) is 6.41. The molecule has 2 aliphatic rings. The zero-order valence-corrected chi connectivity index (χ0v) is 12.4. The SMILES string of the molecule is CCC1(C(=O)O)CCCN(C2CCc3cc(F)ccc32)C1. The Morgan fingerprint density at radius 2 is 2.33 bits per heavy atom. The van der Waals surface area contributed by atoms with E-state index in [9.17, 15) is 14.3 Å². The molecule has 0 spiro atoms. The van der Waals surface area contributed by atoms with Crippen LogP contribution in [0.15, 0.2) is 18.2 Å². The van der Waals surface area contributed by atoms with Gasteiger partial charge in [0.2, 0.25) is 0 Å². The van der Waals surface area contributed by atoms with Crippen LogP contribution in [0.2, 0.25) is 0 Å². The summed E-state index contributed by atoms with van der Waals surface area (Å²) in [6.45, 7) is 3.52. The van der Waals surface area contributed by atoms with Gasteiger partial charge in [0.05, 0.1) is 5.41 Å². The maximum absolute atomic E-state index is 13.3. The summed E-state index contributed by atoms with van der Waals surface area (Å²) in [5, 5.41) is 9.60. The Kier molecular flexibility index (Phi) is 3.74. The molecule has 4 heteroatoms. The monoisotopic (exact) mass is 291 g/mol. The van der Waals surface area contributed by atoms with Crippen LogP contribution in [0.4, 0.5) is 4.39 Å². The molecule has 1 fully saturated rings. The van der Waals surface area contributed by atoms with Crippen LogP contribution in [0.1, 0.15) is 49.8 Å². The fraction of sp³-hybridized carbons (Fsp3) is 0.588. The van der Waals surface area contributed by atoms with Crippen LogP contribution < -0.4 is 0 Å². The topological polar surface area (TPSA) is 40.5 Å². The molecule has 0 radical (unpaired) electrons. The van der Waals surface area contributed by atoms with Gasteiger partial charge in [-0.05, 0) is 61.9 Å². The van der Waals surface area contributed by atoms with Crippen molar-refractivity contribution in [1.82, 2.24) is 4.90 Å². The Balaban J connectivity index is 1.84. The van der Waals surface area contributed by atoms with Gasteiger partial charge in [0, 0.05) is 12.6 Å². The quantitative estimate of drug-likeness (QED) is 0.928. The number of rotatable bonds is 3. The van der Waals surface area contributed by atoms with Crippen LogP contribution in [0.3, 0.4) is 0 Å². The number of carboxylic acids is 1. The van der Waals surface area contributed by atoms with E-state index in [1.165, 1.54) is 11.6 Å². The third-order valence-corrected chi connectivity index (χ3v) is 5.33. The van der Waals surface area contributed by atoms with Gasteiger partial charge in [-0.1, -0.05) is 13.0 Å². The van der Waals surface area contributed by atoms with Gasteiger partial charge in [0.25, 0.3) is 0 Å². The molecule has 1 aliphatic heterocycles. The second kappa shape index (κ2) is 5.41. The number of carbonyl (C=O) groups is 1. The van der Waals surface area contributed by atoms with E-state index in [0.29, 0.717) is 13.0 Å². The number of hydrogen-bond donors (Lipinski definition) is 1. The minimum atomic E-state index is -0.674. The molecular formula is C17H22FNO2. The van der Waals surface area contributed by atoms with Gasteiger partial charge < -0.3 is 5.11 Å². The van der Waals surface area contributed by atoms with Gasteiger partial charge in [-0.3, -0.25) is 9.69 Å². The van der Waals surface area contributed by atoms with E-state index < -0.39 is 11.4 Å². The molecule has 3 nitrogen and oxygen atoms in total. The van der Waals surface area contributed by atoms with E-state index in [0.717, 1.165) is 37.8 Å². The minimum absolute atomic E-state index is 0.179. The van der Waals surface area contributed by atoms with Crippen molar-refractivity contribution in [3.63, 3.8) is 0 Å². The molecule has 1 heterocycles. The molecular weight excluding hydrogens is 269 g/mol. The summed E-state index contributed by atoms with van der Waals surface area (Å²) >= 11 is 0. The van der Waals surface area contributed by atoms with Gasteiger partial charge in [-0.25, -0.2) is 4.39 Å². The molecule has 0 aromatic heterocycles. The molecule has 1 saturated heterocycles. The number of halogens is 1. The highest BCUT2D eigenvalue weighted by Crippen LogP contribution is 2.42. The average Bonchev–Trinajstić information content (AvgIpc) is 2.90. The van der Waals surface area contributed by atoms with Crippen molar-refractivity contribution in [2.75, 3.05) is 13.1 Å². The van der Waals surface area contributed by atoms with Crippen molar-refractivity contribution < 1.29 is 14.3 Å². The van der Waals surface area contributed by atoms with Gasteiger partial charge in [-0.2, -0.15) is 0 Å². The number of nitrogens with zero attached hydrogens (tertiary/aromatic N) is 1. The van der Waals surface area contributed by atoms with Crippen LogP contribution in [-0.4, -0.2) is 29.1 Å². The molecule has 3 rings (SSSR count). The molecule has 1 aliphatic carbocycles. The maximum Gasteiger partial charge on any atom is 0.310 e. The van der Waals surface area contributed by atoms with Gasteiger partial charge in [0.15, 0.2) is 0 Å². The number of likely N-dealkylation sites (tertiary alicyclic amines) is 1. The van der Waals surface area contributed by atoms with E-state index in [1.807, 2.05) is 13.0 Å². The first-order chi connectivity index (χ1) is 10.1. The Morgan fingerprint density at radius 1 is 1.52 bits per heavy atom. The van der Waals surface area contributed by atoms with Crippen molar-refractivity contribution in [3.05, 3.63) is 35.1 Å². The summed E-state index contributed by atoms with van der Waals surface area (Å²) in [5.41, 5.74) is 1.66. The third-order valence-electron chi connectivity index (χ3n) is 5.33. The van der Waals surface area contributed by atoms with E-state index in [-0.39, 0.29) is 11.9 Å². The first kappa shape index (κ1) is 14.5. The smallest absolute Gasteiger partial charge is 0.310 e. The number of aryl methyl sites for hydroxylation is 1. The summed E-state index contributed by atoms with van der Waals surface area (Å²) in [6, 6.07) is 5.28. The van der Waals surface area contributed by atoms with Crippen LogP contribution in [0.5, 0.6) is 0 Å². The highest BCUT2D eigenvalue weighted by atomic mass is 19.1. The zero-order chi connectivity index (χ0) is 15.0. The Morgan fingerprint density at radius 3 is 3.05 bits per heavy atom. The van der Waals surface area contributed by atoms with Gasteiger partial charge in [0.1, 0.15) is 5.82 Å². The standard InChI is InChI=1S/C17H22FNO2/c1-2-17(16(20)21)8-3-9-19(11-17)15-7-4-12-10-13(18)5-6-14(12)15/h5-6,10,15H,2-4,7-9,11H2,1H3,(H,20,21). The van der Waals surface area contributed by atoms with Gasteiger partial charge in [-0.15, -0.1) is 0 Å². The Hall–Kier alpha value is -1.42. The Bertz CT molecular complexity index is 560. The lowest BCUT2D eigenvalue weighted by Gasteiger charge is -2.42. The highest BCUT2D eigenvalue weighted by molar-refractivity contribution is 5.75. The van der Waals surface area contributed by atoms with Crippen molar-refractivity contribution in [1.29, 1.82) is 0 Å². The number of aliphatic carboxylic acids is 1. The largest absolute Gasteiger partial charge is 0.481 e. The van der Waals surface area contributed by atoms with Crippen LogP contribution in [0.25, 0.3) is 0 Å². The van der Waals surface area contributed by atoms with Crippen molar-refractivity contribution in [2.45, 2.75) is 45.1 Å². The van der Waals surface area contributed by atoms with Crippen LogP contribution in [0, 0.1) is 11.2 Å². The molecule has 0 amide bonds. The van der Waals surface area contributed by atoms with E-state index >= 15 is 0 Å². The molecule has 21 heavy (non-hydrogen) atoms. The minimum Gasteiger partial charge on any atom is -0.481 e. The lowest BCUT2D eigenvalue weighted by atomic mass is 9.77. The number of carboxylic acid groups (broad SMARTS) is 1. The fourth-order valence-electron chi connectivity index (χ4n) is 3.99. The van der Waals surface area contributed by atoms with Crippen molar-refractivity contribution in [2.24, 2.45) is 5.41 Å². The second-order valence-corrected chi connectivity index (χ2v) is 6.41. The molecule has 0 saturated carbocycles. The average molecular weight is 291 g/mol. The molecule has 1 aromatic carbocycles. The summed E-state index contributed by atoms with van der Waals surface area (Å²) in [7, 11) is 0. The Labute approximate surface area is 124 Å². The first-order valence-corrected chi connectivity index (χ1v) is 7.81. The molecule has 2 atom stereocenters. The molecule has 0 bridgehead atoms. The molecule has 2 unspecified atom stereocenters. The predicted octanol–water partition coefficient (Wildman–Crippen LogP) is 3.39. The lowest BCUT2D eigenvalue weighted by molar-refractivity contribution is -0.153. The highest BCUT2D eigenvalue weighted by Gasteiger charge is 2.43. The van der Waals surface area contributed by atoms with E-state index in [2.05, 4.69) is 4.90 Å². The number of piperidine rings is 1. The molecule has 114 valence electrons.